The summed E-state index contributed by atoms with van der Waals surface area (Å²) in [5, 5.41) is 15.2. The predicted molar refractivity (Wildman–Crippen MR) is 105 cm³/mol. The lowest BCUT2D eigenvalue weighted by Gasteiger charge is -2.20. The van der Waals surface area contributed by atoms with Gasteiger partial charge in [0.1, 0.15) is 5.75 Å². The molecule has 2 heteroatoms. The molecule has 0 amide bonds. The first-order valence-electron chi connectivity index (χ1n) is 8.57. The van der Waals surface area contributed by atoms with E-state index in [-0.39, 0.29) is 0 Å². The Morgan fingerprint density at radius 3 is 1.92 bits per heavy atom. The van der Waals surface area contributed by atoms with Crippen LogP contribution in [-0.2, 0) is 13.1 Å². The molecule has 0 atom stereocenters. The molecule has 0 spiro atoms. The van der Waals surface area contributed by atoms with Gasteiger partial charge in [-0.1, -0.05) is 66.7 Å². The van der Waals surface area contributed by atoms with Gasteiger partial charge in [0.25, 0.3) is 0 Å². The SMILES string of the molecule is CN(Cc1ccccc1O)Cc1c2ccccc2cc2ccccc12. The zero-order valence-electron chi connectivity index (χ0n) is 14.3. The van der Waals surface area contributed by atoms with Crippen molar-refractivity contribution in [1.29, 1.82) is 0 Å². The number of phenols is 1. The van der Waals surface area contributed by atoms with E-state index in [1.54, 1.807) is 6.07 Å². The first-order valence-corrected chi connectivity index (χ1v) is 8.57. The van der Waals surface area contributed by atoms with E-state index < -0.39 is 0 Å². The molecule has 0 saturated carbocycles. The number of hydrogen-bond donors (Lipinski definition) is 1. The average molecular weight is 327 g/mol. The number of para-hydroxylation sites is 1. The summed E-state index contributed by atoms with van der Waals surface area (Å²) in [5.41, 5.74) is 2.29. The molecule has 0 heterocycles. The van der Waals surface area contributed by atoms with E-state index in [0.717, 1.165) is 12.1 Å². The first kappa shape index (κ1) is 15.7. The lowest BCUT2D eigenvalue weighted by atomic mass is 9.96. The van der Waals surface area contributed by atoms with Crippen LogP contribution in [0.15, 0.2) is 78.9 Å². The van der Waals surface area contributed by atoms with Gasteiger partial charge in [-0.05, 0) is 46.3 Å². The van der Waals surface area contributed by atoms with Crippen LogP contribution in [0.1, 0.15) is 11.1 Å². The molecule has 0 aliphatic heterocycles. The zero-order valence-corrected chi connectivity index (χ0v) is 14.3. The Kier molecular flexibility index (Phi) is 4.12. The van der Waals surface area contributed by atoms with Crippen molar-refractivity contribution in [3.63, 3.8) is 0 Å². The molecule has 124 valence electrons. The fourth-order valence-electron chi connectivity index (χ4n) is 3.54. The van der Waals surface area contributed by atoms with E-state index in [1.165, 1.54) is 27.1 Å². The molecule has 0 saturated heterocycles. The van der Waals surface area contributed by atoms with Crippen molar-refractivity contribution in [1.82, 2.24) is 4.90 Å². The van der Waals surface area contributed by atoms with Gasteiger partial charge in [0.2, 0.25) is 0 Å². The number of phenolic OH excluding ortho intramolecular Hbond substituents is 1. The predicted octanol–water partition coefficient (Wildman–Crippen LogP) is 5.33. The van der Waals surface area contributed by atoms with Gasteiger partial charge in [0.05, 0.1) is 0 Å². The maximum atomic E-state index is 10.0. The van der Waals surface area contributed by atoms with E-state index in [2.05, 4.69) is 66.5 Å². The van der Waals surface area contributed by atoms with Gasteiger partial charge in [0, 0.05) is 18.7 Å². The largest absolute Gasteiger partial charge is 0.508 e. The van der Waals surface area contributed by atoms with E-state index >= 15 is 0 Å². The van der Waals surface area contributed by atoms with Crippen molar-refractivity contribution in [2.75, 3.05) is 7.05 Å². The second kappa shape index (κ2) is 6.58. The van der Waals surface area contributed by atoms with Crippen LogP contribution in [0, 0.1) is 0 Å². The fourth-order valence-corrected chi connectivity index (χ4v) is 3.54. The zero-order chi connectivity index (χ0) is 17.2. The van der Waals surface area contributed by atoms with Crippen LogP contribution in [0.5, 0.6) is 5.75 Å². The van der Waals surface area contributed by atoms with E-state index in [9.17, 15) is 5.11 Å². The van der Waals surface area contributed by atoms with Gasteiger partial charge < -0.3 is 5.11 Å². The van der Waals surface area contributed by atoms with Crippen LogP contribution in [0.2, 0.25) is 0 Å². The Hall–Kier alpha value is -2.84. The average Bonchev–Trinajstić information content (AvgIpc) is 2.63. The number of benzene rings is 4. The summed E-state index contributed by atoms with van der Waals surface area (Å²) in [6.07, 6.45) is 0. The van der Waals surface area contributed by atoms with Gasteiger partial charge in [0.15, 0.2) is 0 Å². The van der Waals surface area contributed by atoms with Crippen molar-refractivity contribution in [2.45, 2.75) is 13.1 Å². The van der Waals surface area contributed by atoms with Crippen molar-refractivity contribution < 1.29 is 5.11 Å². The van der Waals surface area contributed by atoms with Crippen LogP contribution in [0.25, 0.3) is 21.5 Å². The van der Waals surface area contributed by atoms with Crippen molar-refractivity contribution in [3.05, 3.63) is 90.0 Å². The van der Waals surface area contributed by atoms with Crippen molar-refractivity contribution in [2.24, 2.45) is 0 Å². The Labute approximate surface area is 148 Å². The summed E-state index contributed by atoms with van der Waals surface area (Å²) in [6, 6.07) is 26.9. The van der Waals surface area contributed by atoms with E-state index in [0.29, 0.717) is 12.3 Å². The lowest BCUT2D eigenvalue weighted by molar-refractivity contribution is 0.315. The maximum absolute atomic E-state index is 10.0. The van der Waals surface area contributed by atoms with E-state index in [1.807, 2.05) is 18.2 Å². The number of rotatable bonds is 4. The summed E-state index contributed by atoms with van der Waals surface area (Å²) in [4.78, 5) is 2.25. The Morgan fingerprint density at radius 1 is 0.720 bits per heavy atom. The van der Waals surface area contributed by atoms with Gasteiger partial charge in [-0.2, -0.15) is 0 Å². The summed E-state index contributed by atoms with van der Waals surface area (Å²) in [5.74, 6) is 0.358. The van der Waals surface area contributed by atoms with Crippen LogP contribution in [0.3, 0.4) is 0 Å². The topological polar surface area (TPSA) is 23.5 Å². The molecule has 4 rings (SSSR count). The Morgan fingerprint density at radius 2 is 1.28 bits per heavy atom. The molecule has 0 bridgehead atoms. The number of fused-ring (bicyclic) bond motifs is 2. The molecule has 0 aromatic heterocycles. The monoisotopic (exact) mass is 327 g/mol. The van der Waals surface area contributed by atoms with Gasteiger partial charge >= 0.3 is 0 Å². The summed E-state index contributed by atoms with van der Waals surface area (Å²) in [6.45, 7) is 1.54. The molecular formula is C23H21NO. The van der Waals surface area contributed by atoms with Crippen LogP contribution in [0.4, 0.5) is 0 Å². The molecule has 0 aliphatic rings. The third-order valence-electron chi connectivity index (χ3n) is 4.74. The highest BCUT2D eigenvalue weighted by Gasteiger charge is 2.11. The highest BCUT2D eigenvalue weighted by atomic mass is 16.3. The van der Waals surface area contributed by atoms with Crippen LogP contribution < -0.4 is 0 Å². The highest BCUT2D eigenvalue weighted by molar-refractivity contribution is 6.02. The number of hydrogen-bond acceptors (Lipinski definition) is 2. The second-order valence-corrected chi connectivity index (χ2v) is 6.60. The van der Waals surface area contributed by atoms with Gasteiger partial charge in [-0.15, -0.1) is 0 Å². The molecule has 1 N–H and O–H groups in total. The van der Waals surface area contributed by atoms with Crippen molar-refractivity contribution in [3.8, 4) is 5.75 Å². The molecule has 0 unspecified atom stereocenters. The minimum absolute atomic E-state index is 0.358. The van der Waals surface area contributed by atoms with Gasteiger partial charge in [-0.25, -0.2) is 0 Å². The third-order valence-corrected chi connectivity index (χ3v) is 4.74. The van der Waals surface area contributed by atoms with Gasteiger partial charge in [-0.3, -0.25) is 4.90 Å². The smallest absolute Gasteiger partial charge is 0.120 e. The molecule has 2 nitrogen and oxygen atoms in total. The first-order chi connectivity index (χ1) is 12.2. The normalized spacial score (nSPS) is 11.4. The number of nitrogens with zero attached hydrogens (tertiary/aromatic N) is 1. The quantitative estimate of drug-likeness (QED) is 0.512. The van der Waals surface area contributed by atoms with Crippen LogP contribution in [-0.4, -0.2) is 17.1 Å². The summed E-state index contributed by atoms with van der Waals surface area (Å²) in [7, 11) is 2.10. The Bertz CT molecular complexity index is 984. The van der Waals surface area contributed by atoms with Crippen LogP contribution >= 0.6 is 0 Å². The molecular weight excluding hydrogens is 306 g/mol. The van der Waals surface area contributed by atoms with Crippen molar-refractivity contribution >= 4 is 21.5 Å². The standard InChI is InChI=1S/C23H21NO/c1-24(15-19-10-4-7-13-23(19)25)16-22-20-11-5-2-8-17(20)14-18-9-3-6-12-21(18)22/h2-14,25H,15-16H2,1H3. The van der Waals surface area contributed by atoms with E-state index in [4.69, 9.17) is 0 Å². The maximum Gasteiger partial charge on any atom is 0.120 e. The minimum Gasteiger partial charge on any atom is -0.508 e. The molecule has 0 fully saturated rings. The summed E-state index contributed by atoms with van der Waals surface area (Å²) < 4.78 is 0. The fraction of sp³-hybridized carbons (Fsp3) is 0.130. The minimum atomic E-state index is 0.358. The molecule has 25 heavy (non-hydrogen) atoms. The second-order valence-electron chi connectivity index (χ2n) is 6.60. The number of aromatic hydroxyl groups is 1. The summed E-state index contributed by atoms with van der Waals surface area (Å²) >= 11 is 0. The third kappa shape index (κ3) is 3.09. The molecule has 4 aromatic carbocycles. The molecule has 0 radical (unpaired) electrons. The molecule has 4 aromatic rings. The Balaban J connectivity index is 1.75. The highest BCUT2D eigenvalue weighted by Crippen LogP contribution is 2.30. The lowest BCUT2D eigenvalue weighted by Crippen LogP contribution is -2.17. The molecule has 0 aliphatic carbocycles.